The Morgan fingerprint density at radius 1 is 0.783 bits per heavy atom. The first-order valence-corrected chi connectivity index (χ1v) is 14.8. The lowest BCUT2D eigenvalue weighted by atomic mass is 10.0. The fourth-order valence-electron chi connectivity index (χ4n) is 5.28. The molecule has 6 aromatic rings. The van der Waals surface area contributed by atoms with Crippen LogP contribution in [0.15, 0.2) is 134 Å². The van der Waals surface area contributed by atoms with Gasteiger partial charge in [0.15, 0.2) is 0 Å². The summed E-state index contributed by atoms with van der Waals surface area (Å²) in [4.78, 5) is 25.7. The van der Waals surface area contributed by atoms with Gasteiger partial charge >= 0.3 is 5.97 Å². The molecular formula is C38H31FN2O5. The number of carboxylic acid groups (broad SMARTS) is 1. The highest BCUT2D eigenvalue weighted by Gasteiger charge is 2.25. The number of nitrogens with zero attached hydrogens (tertiary/aromatic N) is 1. The Morgan fingerprint density at radius 2 is 1.48 bits per heavy atom. The SMILES string of the molecule is O=C(N[C@@H](Cc1cn(Cc2ccc(OCc3ccccc3)cc2)c2cc(F)ccc12)C(=O)O)c1ccccc1Oc1ccccc1. The zero-order valence-corrected chi connectivity index (χ0v) is 24.8. The third-order valence-corrected chi connectivity index (χ3v) is 7.58. The summed E-state index contributed by atoms with van der Waals surface area (Å²) >= 11 is 0. The van der Waals surface area contributed by atoms with Gasteiger partial charge in [0, 0.05) is 24.5 Å². The molecule has 1 heterocycles. The average Bonchev–Trinajstić information content (AvgIpc) is 3.40. The number of carbonyl (C=O) groups excluding carboxylic acids is 1. The van der Waals surface area contributed by atoms with Crippen molar-refractivity contribution >= 4 is 22.8 Å². The molecule has 0 radical (unpaired) electrons. The number of amides is 1. The molecule has 7 nitrogen and oxygen atoms in total. The van der Waals surface area contributed by atoms with Crippen molar-refractivity contribution < 1.29 is 28.6 Å². The Hall–Kier alpha value is -5.89. The van der Waals surface area contributed by atoms with E-state index in [0.29, 0.717) is 41.1 Å². The first-order chi connectivity index (χ1) is 22.4. The summed E-state index contributed by atoms with van der Waals surface area (Å²) in [5.74, 6) is -0.591. The summed E-state index contributed by atoms with van der Waals surface area (Å²) < 4.78 is 28.1. The van der Waals surface area contributed by atoms with Crippen LogP contribution in [0.25, 0.3) is 10.9 Å². The second-order valence-electron chi connectivity index (χ2n) is 10.8. The quantitative estimate of drug-likeness (QED) is 0.148. The Labute approximate surface area is 265 Å². The van der Waals surface area contributed by atoms with Crippen LogP contribution in [0, 0.1) is 5.82 Å². The molecule has 0 saturated carbocycles. The van der Waals surface area contributed by atoms with Gasteiger partial charge in [0.05, 0.1) is 11.1 Å². The van der Waals surface area contributed by atoms with E-state index in [-0.39, 0.29) is 12.0 Å². The molecule has 5 aromatic carbocycles. The van der Waals surface area contributed by atoms with Crippen molar-refractivity contribution in [3.05, 3.63) is 162 Å². The van der Waals surface area contributed by atoms with Crippen molar-refractivity contribution in [1.82, 2.24) is 9.88 Å². The molecule has 0 unspecified atom stereocenters. The summed E-state index contributed by atoms with van der Waals surface area (Å²) in [6.07, 6.45) is 1.81. The highest BCUT2D eigenvalue weighted by Crippen LogP contribution is 2.27. The number of para-hydroxylation sites is 2. The summed E-state index contributed by atoms with van der Waals surface area (Å²) in [6.45, 7) is 0.880. The number of hydrogen-bond acceptors (Lipinski definition) is 4. The van der Waals surface area contributed by atoms with Crippen molar-refractivity contribution in [2.45, 2.75) is 25.6 Å². The smallest absolute Gasteiger partial charge is 0.326 e. The molecule has 1 aromatic heterocycles. The summed E-state index contributed by atoms with van der Waals surface area (Å²) in [6, 6.07) is 36.4. The van der Waals surface area contributed by atoms with Crippen LogP contribution in [0.1, 0.15) is 27.0 Å². The van der Waals surface area contributed by atoms with Crippen LogP contribution in [0.5, 0.6) is 17.2 Å². The van der Waals surface area contributed by atoms with Gasteiger partial charge in [-0.15, -0.1) is 0 Å². The minimum absolute atomic E-state index is 0.00974. The van der Waals surface area contributed by atoms with Crippen LogP contribution in [0.4, 0.5) is 4.39 Å². The Bertz CT molecular complexity index is 1960. The molecule has 8 heteroatoms. The average molecular weight is 615 g/mol. The lowest BCUT2D eigenvalue weighted by molar-refractivity contribution is -0.139. The zero-order valence-electron chi connectivity index (χ0n) is 24.8. The number of fused-ring (bicyclic) bond motifs is 1. The number of hydrogen-bond donors (Lipinski definition) is 2. The molecule has 0 aliphatic rings. The minimum atomic E-state index is -1.25. The number of ether oxygens (including phenoxy) is 2. The predicted molar refractivity (Wildman–Crippen MR) is 174 cm³/mol. The van der Waals surface area contributed by atoms with Crippen LogP contribution in [0.2, 0.25) is 0 Å². The van der Waals surface area contributed by atoms with E-state index in [1.807, 2.05) is 83.6 Å². The van der Waals surface area contributed by atoms with Crippen LogP contribution in [-0.4, -0.2) is 27.6 Å². The van der Waals surface area contributed by atoms with Gasteiger partial charge in [-0.2, -0.15) is 0 Å². The second-order valence-corrected chi connectivity index (χ2v) is 10.8. The van der Waals surface area contributed by atoms with E-state index in [1.54, 1.807) is 42.5 Å². The second kappa shape index (κ2) is 13.8. The standard InChI is InChI=1S/C38H31FN2O5/c39-29-17-20-32-28(21-34(38(43)44)40-37(42)33-13-7-8-14-36(33)46-31-11-5-2-6-12-31)24-41(35(32)22-29)23-26-15-18-30(19-16-26)45-25-27-9-3-1-4-10-27/h1-20,22,24,34H,21,23,25H2,(H,40,42)(H,43,44)/t34-/m0/s1. The van der Waals surface area contributed by atoms with Gasteiger partial charge in [-0.3, -0.25) is 4.79 Å². The molecule has 0 aliphatic carbocycles. The lowest BCUT2D eigenvalue weighted by Crippen LogP contribution is -2.42. The number of halogens is 1. The van der Waals surface area contributed by atoms with Crippen LogP contribution in [0.3, 0.4) is 0 Å². The van der Waals surface area contributed by atoms with Crippen molar-refractivity contribution in [1.29, 1.82) is 0 Å². The van der Waals surface area contributed by atoms with Crippen molar-refractivity contribution in [2.75, 3.05) is 0 Å². The fourth-order valence-corrected chi connectivity index (χ4v) is 5.28. The predicted octanol–water partition coefficient (Wildman–Crippen LogP) is 7.63. The van der Waals surface area contributed by atoms with Crippen LogP contribution >= 0.6 is 0 Å². The summed E-state index contributed by atoms with van der Waals surface area (Å²) in [7, 11) is 0. The van der Waals surface area contributed by atoms with Gasteiger partial charge < -0.3 is 24.5 Å². The Balaban J connectivity index is 1.19. The maximum atomic E-state index is 14.4. The molecule has 0 bridgehead atoms. The van der Waals surface area contributed by atoms with E-state index in [2.05, 4.69) is 5.32 Å². The maximum Gasteiger partial charge on any atom is 0.326 e. The molecule has 0 aliphatic heterocycles. The van der Waals surface area contributed by atoms with E-state index in [4.69, 9.17) is 9.47 Å². The van der Waals surface area contributed by atoms with Crippen molar-refractivity contribution in [2.24, 2.45) is 0 Å². The van der Waals surface area contributed by atoms with Gasteiger partial charge in [-0.1, -0.05) is 72.8 Å². The molecule has 6 rings (SSSR count). The van der Waals surface area contributed by atoms with E-state index in [9.17, 15) is 19.1 Å². The first kappa shape index (κ1) is 30.1. The molecule has 0 spiro atoms. The number of benzene rings is 5. The third kappa shape index (κ3) is 7.25. The van der Waals surface area contributed by atoms with Crippen LogP contribution < -0.4 is 14.8 Å². The van der Waals surface area contributed by atoms with E-state index < -0.39 is 23.7 Å². The molecule has 1 atom stereocenters. The largest absolute Gasteiger partial charge is 0.489 e. The number of carbonyl (C=O) groups is 2. The lowest BCUT2D eigenvalue weighted by Gasteiger charge is -2.16. The summed E-state index contributed by atoms with van der Waals surface area (Å²) in [5, 5.41) is 13.5. The van der Waals surface area contributed by atoms with Crippen LogP contribution in [-0.2, 0) is 24.4 Å². The topological polar surface area (TPSA) is 89.8 Å². The van der Waals surface area contributed by atoms with E-state index in [0.717, 1.165) is 16.9 Å². The molecule has 0 saturated heterocycles. The molecule has 230 valence electrons. The maximum absolute atomic E-state index is 14.4. The first-order valence-electron chi connectivity index (χ1n) is 14.8. The molecule has 2 N–H and O–H groups in total. The van der Waals surface area contributed by atoms with E-state index >= 15 is 0 Å². The van der Waals surface area contributed by atoms with Gasteiger partial charge in [-0.05, 0) is 71.3 Å². The number of aliphatic carboxylic acids is 1. The highest BCUT2D eigenvalue weighted by molar-refractivity contribution is 5.99. The Kier molecular flexibility index (Phi) is 9.06. The Morgan fingerprint density at radius 3 is 2.22 bits per heavy atom. The normalized spacial score (nSPS) is 11.6. The van der Waals surface area contributed by atoms with E-state index in [1.165, 1.54) is 12.1 Å². The number of nitrogens with one attached hydrogen (secondary N) is 1. The number of aromatic nitrogens is 1. The van der Waals surface area contributed by atoms with Crippen molar-refractivity contribution in [3.8, 4) is 17.2 Å². The summed E-state index contributed by atoms with van der Waals surface area (Å²) in [5.41, 5.74) is 3.52. The van der Waals surface area contributed by atoms with Gasteiger partial charge in [0.1, 0.15) is 35.7 Å². The van der Waals surface area contributed by atoms with Crippen molar-refractivity contribution in [3.63, 3.8) is 0 Å². The monoisotopic (exact) mass is 614 g/mol. The number of rotatable bonds is 12. The third-order valence-electron chi connectivity index (χ3n) is 7.58. The van der Waals surface area contributed by atoms with Gasteiger partial charge in [0.2, 0.25) is 0 Å². The fraction of sp³-hybridized carbons (Fsp3) is 0.105. The van der Waals surface area contributed by atoms with Gasteiger partial charge in [-0.25, -0.2) is 9.18 Å². The minimum Gasteiger partial charge on any atom is -0.489 e. The number of carboxylic acids is 1. The van der Waals surface area contributed by atoms with Gasteiger partial charge in [0.25, 0.3) is 5.91 Å². The molecular weight excluding hydrogens is 583 g/mol. The molecule has 0 fully saturated rings. The molecule has 46 heavy (non-hydrogen) atoms. The highest BCUT2D eigenvalue weighted by atomic mass is 19.1. The molecule has 1 amide bonds. The zero-order chi connectivity index (χ0) is 31.9.